The molecule has 1 saturated heterocycles. The zero-order chi connectivity index (χ0) is 14.5. The van der Waals surface area contributed by atoms with E-state index in [1.165, 1.54) is 0 Å². The number of amides is 3. The number of hydrogen-bond acceptors (Lipinski definition) is 2. The second kappa shape index (κ2) is 6.78. The van der Waals surface area contributed by atoms with Crippen LogP contribution >= 0.6 is 0 Å². The predicted octanol–water partition coefficient (Wildman–Crippen LogP) is 1.73. The molecular weight excluding hydrogens is 242 g/mol. The van der Waals surface area contributed by atoms with Gasteiger partial charge in [0.25, 0.3) is 0 Å². The first-order valence-corrected chi connectivity index (χ1v) is 7.16. The summed E-state index contributed by atoms with van der Waals surface area (Å²) >= 11 is 0. The second-order valence-corrected chi connectivity index (χ2v) is 6.19. The molecule has 0 aliphatic carbocycles. The summed E-state index contributed by atoms with van der Waals surface area (Å²) in [6, 6.07) is 0.143. The van der Waals surface area contributed by atoms with Gasteiger partial charge >= 0.3 is 6.03 Å². The summed E-state index contributed by atoms with van der Waals surface area (Å²) in [5, 5.41) is 5.69. The van der Waals surface area contributed by atoms with Crippen LogP contribution in [0, 0.1) is 5.41 Å². The van der Waals surface area contributed by atoms with Gasteiger partial charge in [0.1, 0.15) is 0 Å². The smallest absolute Gasteiger partial charge is 0.317 e. The predicted molar refractivity (Wildman–Crippen MR) is 75.9 cm³/mol. The lowest BCUT2D eigenvalue weighted by molar-refractivity contribution is -0.121. The summed E-state index contributed by atoms with van der Waals surface area (Å²) in [6.07, 6.45) is 2.29. The molecule has 5 heteroatoms. The van der Waals surface area contributed by atoms with Crippen molar-refractivity contribution < 1.29 is 9.59 Å². The molecule has 1 rings (SSSR count). The molecule has 3 amide bonds. The molecule has 0 saturated carbocycles. The van der Waals surface area contributed by atoms with E-state index in [0.29, 0.717) is 13.0 Å². The first-order valence-electron chi connectivity index (χ1n) is 7.16. The Bertz CT molecular complexity index is 329. The molecule has 1 fully saturated rings. The van der Waals surface area contributed by atoms with Gasteiger partial charge in [-0.25, -0.2) is 4.79 Å². The monoisotopic (exact) mass is 269 g/mol. The van der Waals surface area contributed by atoms with Crippen LogP contribution in [0.1, 0.15) is 47.0 Å². The van der Waals surface area contributed by atoms with E-state index >= 15 is 0 Å². The number of nitrogens with one attached hydrogen (secondary N) is 2. The topological polar surface area (TPSA) is 61.4 Å². The average Bonchev–Trinajstić information content (AvgIpc) is 2.69. The molecule has 1 aliphatic heterocycles. The Labute approximate surface area is 116 Å². The van der Waals surface area contributed by atoms with Crippen LogP contribution in [0.2, 0.25) is 0 Å². The van der Waals surface area contributed by atoms with E-state index < -0.39 is 0 Å². The van der Waals surface area contributed by atoms with Gasteiger partial charge in [0, 0.05) is 32.1 Å². The second-order valence-electron chi connectivity index (χ2n) is 6.19. The third-order valence-electron chi connectivity index (χ3n) is 3.61. The Morgan fingerprint density at radius 2 is 2.05 bits per heavy atom. The zero-order valence-corrected chi connectivity index (χ0v) is 12.6. The molecule has 1 unspecified atom stereocenters. The van der Waals surface area contributed by atoms with E-state index in [4.69, 9.17) is 0 Å². The minimum Gasteiger partial charge on any atom is -0.354 e. The number of nitrogens with zero attached hydrogens (tertiary/aromatic N) is 1. The van der Waals surface area contributed by atoms with Gasteiger partial charge in [0.15, 0.2) is 0 Å². The highest BCUT2D eigenvalue weighted by atomic mass is 16.2. The maximum Gasteiger partial charge on any atom is 0.317 e. The summed E-state index contributed by atoms with van der Waals surface area (Å²) in [4.78, 5) is 25.2. The molecule has 19 heavy (non-hydrogen) atoms. The van der Waals surface area contributed by atoms with Crippen molar-refractivity contribution in [3.8, 4) is 0 Å². The zero-order valence-electron chi connectivity index (χ0n) is 12.6. The molecule has 110 valence electrons. The van der Waals surface area contributed by atoms with Gasteiger partial charge in [-0.1, -0.05) is 20.8 Å². The first kappa shape index (κ1) is 15.8. The fourth-order valence-corrected chi connectivity index (χ4v) is 2.13. The SMILES string of the molecule is CCC(C)NC(=O)CCNC(=O)N1CCC(C)(C)C1. The molecule has 1 heterocycles. The van der Waals surface area contributed by atoms with Crippen LogP contribution in [-0.2, 0) is 4.79 Å². The van der Waals surface area contributed by atoms with Crippen molar-refractivity contribution in [3.05, 3.63) is 0 Å². The summed E-state index contributed by atoms with van der Waals surface area (Å²) in [7, 11) is 0. The van der Waals surface area contributed by atoms with Gasteiger partial charge in [-0.05, 0) is 25.2 Å². The van der Waals surface area contributed by atoms with Crippen LogP contribution in [0.5, 0.6) is 0 Å². The summed E-state index contributed by atoms with van der Waals surface area (Å²) in [6.45, 7) is 10.3. The molecule has 0 aromatic carbocycles. The van der Waals surface area contributed by atoms with Crippen LogP contribution in [0.25, 0.3) is 0 Å². The Morgan fingerprint density at radius 3 is 2.58 bits per heavy atom. The summed E-state index contributed by atoms with van der Waals surface area (Å²) < 4.78 is 0. The van der Waals surface area contributed by atoms with Crippen molar-refractivity contribution in [3.63, 3.8) is 0 Å². The summed E-state index contributed by atoms with van der Waals surface area (Å²) in [5.74, 6) is -0.00333. The summed E-state index contributed by atoms with van der Waals surface area (Å²) in [5.41, 5.74) is 0.214. The maximum atomic E-state index is 11.9. The van der Waals surface area contributed by atoms with Crippen LogP contribution < -0.4 is 10.6 Å². The first-order chi connectivity index (χ1) is 8.84. The van der Waals surface area contributed by atoms with Gasteiger partial charge in [-0.15, -0.1) is 0 Å². The van der Waals surface area contributed by atoms with E-state index in [1.54, 1.807) is 0 Å². The molecule has 0 bridgehead atoms. The third-order valence-corrected chi connectivity index (χ3v) is 3.61. The molecule has 0 spiro atoms. The van der Waals surface area contributed by atoms with Crippen molar-refractivity contribution in [2.24, 2.45) is 5.41 Å². The molecule has 0 aromatic rings. The maximum absolute atomic E-state index is 11.9. The fraction of sp³-hybridized carbons (Fsp3) is 0.857. The number of likely N-dealkylation sites (tertiary alicyclic amines) is 1. The highest BCUT2D eigenvalue weighted by molar-refractivity contribution is 5.78. The van der Waals surface area contributed by atoms with Gasteiger partial charge < -0.3 is 15.5 Å². The Hall–Kier alpha value is -1.26. The minimum absolute atomic E-state index is 0.00333. The van der Waals surface area contributed by atoms with Gasteiger partial charge in [0.2, 0.25) is 5.91 Å². The van der Waals surface area contributed by atoms with Crippen molar-refractivity contribution in [2.45, 2.75) is 53.0 Å². The van der Waals surface area contributed by atoms with Crippen LogP contribution in [-0.4, -0.2) is 42.5 Å². The van der Waals surface area contributed by atoms with E-state index in [1.807, 2.05) is 18.7 Å². The van der Waals surface area contributed by atoms with Crippen molar-refractivity contribution in [1.29, 1.82) is 0 Å². The molecule has 5 nitrogen and oxygen atoms in total. The fourth-order valence-electron chi connectivity index (χ4n) is 2.13. The Kier molecular flexibility index (Phi) is 5.63. The van der Waals surface area contributed by atoms with Gasteiger partial charge in [-0.2, -0.15) is 0 Å². The van der Waals surface area contributed by atoms with Crippen LogP contribution in [0.4, 0.5) is 4.79 Å². The molecule has 1 aliphatic rings. The lowest BCUT2D eigenvalue weighted by Gasteiger charge is -2.20. The normalized spacial score (nSPS) is 19.1. The van der Waals surface area contributed by atoms with E-state index in [9.17, 15) is 9.59 Å². The Balaban J connectivity index is 2.19. The molecule has 0 aromatic heterocycles. The highest BCUT2D eigenvalue weighted by Gasteiger charge is 2.31. The number of rotatable bonds is 5. The largest absolute Gasteiger partial charge is 0.354 e. The lowest BCUT2D eigenvalue weighted by atomic mass is 9.93. The Morgan fingerprint density at radius 1 is 1.37 bits per heavy atom. The van der Waals surface area contributed by atoms with Crippen molar-refractivity contribution in [1.82, 2.24) is 15.5 Å². The standard InChI is InChI=1S/C14H27N3O2/c1-5-11(2)16-12(18)6-8-15-13(19)17-9-7-14(3,4)10-17/h11H,5-10H2,1-4H3,(H,15,19)(H,16,18). The molecule has 2 N–H and O–H groups in total. The van der Waals surface area contributed by atoms with E-state index in [2.05, 4.69) is 24.5 Å². The number of hydrogen-bond donors (Lipinski definition) is 2. The van der Waals surface area contributed by atoms with Crippen LogP contribution in [0.3, 0.4) is 0 Å². The molecule has 0 radical (unpaired) electrons. The van der Waals surface area contributed by atoms with Crippen molar-refractivity contribution in [2.75, 3.05) is 19.6 Å². The van der Waals surface area contributed by atoms with E-state index in [-0.39, 0.29) is 23.4 Å². The van der Waals surface area contributed by atoms with Gasteiger partial charge in [-0.3, -0.25) is 4.79 Å². The third kappa shape index (κ3) is 5.49. The van der Waals surface area contributed by atoms with Crippen LogP contribution in [0.15, 0.2) is 0 Å². The van der Waals surface area contributed by atoms with E-state index in [0.717, 1.165) is 25.9 Å². The average molecular weight is 269 g/mol. The lowest BCUT2D eigenvalue weighted by Crippen LogP contribution is -2.41. The van der Waals surface area contributed by atoms with Crippen molar-refractivity contribution >= 4 is 11.9 Å². The molecular formula is C14H27N3O2. The minimum atomic E-state index is -0.0538. The quantitative estimate of drug-likeness (QED) is 0.798. The number of carbonyl (C=O) groups excluding carboxylic acids is 2. The molecule has 1 atom stereocenters. The number of urea groups is 1. The highest BCUT2D eigenvalue weighted by Crippen LogP contribution is 2.28. The van der Waals surface area contributed by atoms with Gasteiger partial charge in [0.05, 0.1) is 0 Å². The number of carbonyl (C=O) groups is 2.